The summed E-state index contributed by atoms with van der Waals surface area (Å²) in [5.74, 6) is 0.0561. The molecular weight excluding hydrogens is 274 g/mol. The number of benzene rings is 2. The van der Waals surface area contributed by atoms with E-state index >= 15 is 0 Å². The number of H-pyrrole nitrogens is 1. The van der Waals surface area contributed by atoms with E-state index in [-0.39, 0.29) is 0 Å². The average molecular weight is 287 g/mol. The zero-order valence-electron chi connectivity index (χ0n) is 11.1. The molecule has 0 unspecified atom stereocenters. The number of aromatic nitrogens is 1. The summed E-state index contributed by atoms with van der Waals surface area (Å²) < 4.78 is 0. The maximum Gasteiger partial charge on any atom is 0.352 e. The molecular formula is C15H13NO3S. The molecule has 0 aliphatic rings. The number of hydrogen-bond donors (Lipinski definition) is 1. The molecule has 0 amide bonds. The van der Waals surface area contributed by atoms with Crippen LogP contribution in [0, 0.1) is 0 Å². The predicted octanol–water partition coefficient (Wildman–Crippen LogP) is 3.90. The van der Waals surface area contributed by atoms with Crippen LogP contribution in [0.1, 0.15) is 6.92 Å². The number of hydrogen-bond acceptors (Lipinski definition) is 4. The Kier molecular flexibility index (Phi) is 3.28. The zero-order valence-corrected chi connectivity index (χ0v) is 11.9. The zero-order chi connectivity index (χ0) is 14.1. The quantitative estimate of drug-likeness (QED) is 0.451. The highest BCUT2D eigenvalue weighted by molar-refractivity contribution is 7.99. The summed E-state index contributed by atoms with van der Waals surface area (Å²) in [6.07, 6.45) is 1.96. The van der Waals surface area contributed by atoms with Gasteiger partial charge in [-0.2, -0.15) is 0 Å². The number of carbonyl (C=O) groups is 1. The first-order valence-electron chi connectivity index (χ1n) is 6.13. The molecule has 3 rings (SSSR count). The van der Waals surface area contributed by atoms with E-state index in [1.54, 1.807) is 11.8 Å². The third-order valence-corrected chi connectivity index (χ3v) is 3.86. The van der Waals surface area contributed by atoms with E-state index in [0.29, 0.717) is 5.75 Å². The Balaban J connectivity index is 2.19. The number of carbonyl (C=O) groups excluding carboxylic acids is 1. The molecule has 0 bridgehead atoms. The predicted molar refractivity (Wildman–Crippen MR) is 80.0 cm³/mol. The van der Waals surface area contributed by atoms with Gasteiger partial charge in [0.15, 0.2) is 5.75 Å². The van der Waals surface area contributed by atoms with Gasteiger partial charge in [0.25, 0.3) is 0 Å². The second-order valence-corrected chi connectivity index (χ2v) is 5.16. The van der Waals surface area contributed by atoms with Crippen molar-refractivity contribution in [2.24, 2.45) is 0 Å². The van der Waals surface area contributed by atoms with Gasteiger partial charge >= 0.3 is 5.97 Å². The van der Waals surface area contributed by atoms with Crippen LogP contribution in [0.2, 0.25) is 0 Å². The first-order valence-corrected chi connectivity index (χ1v) is 7.35. The Morgan fingerprint density at radius 3 is 2.70 bits per heavy atom. The topological polar surface area (TPSA) is 51.3 Å². The standard InChI is InChI=1S/C15H13NO3S/c1-9(17)18-19-13-8-7-11-10-5-3-4-6-12(10)16-14(11)15(13)20-2/h3-8,16H,1-2H3. The summed E-state index contributed by atoms with van der Waals surface area (Å²) in [5.41, 5.74) is 2.06. The fourth-order valence-corrected chi connectivity index (χ4v) is 2.91. The summed E-state index contributed by atoms with van der Waals surface area (Å²) in [7, 11) is 0. The van der Waals surface area contributed by atoms with Crippen LogP contribution in [0.25, 0.3) is 21.8 Å². The Hall–Kier alpha value is -2.14. The molecule has 0 aliphatic carbocycles. The highest BCUT2D eigenvalue weighted by Gasteiger charge is 2.14. The Morgan fingerprint density at radius 2 is 1.95 bits per heavy atom. The second kappa shape index (κ2) is 5.09. The van der Waals surface area contributed by atoms with E-state index in [0.717, 1.165) is 26.7 Å². The van der Waals surface area contributed by atoms with Crippen molar-refractivity contribution in [3.63, 3.8) is 0 Å². The maximum absolute atomic E-state index is 10.9. The van der Waals surface area contributed by atoms with Crippen LogP contribution in [0.15, 0.2) is 41.3 Å². The monoisotopic (exact) mass is 287 g/mol. The molecule has 3 aromatic rings. The van der Waals surface area contributed by atoms with E-state index in [1.807, 2.05) is 36.6 Å². The Bertz CT molecular complexity index is 794. The molecule has 4 nitrogen and oxygen atoms in total. The van der Waals surface area contributed by atoms with Gasteiger partial charge in [-0.05, 0) is 24.5 Å². The van der Waals surface area contributed by atoms with Crippen molar-refractivity contribution in [1.82, 2.24) is 4.98 Å². The van der Waals surface area contributed by atoms with Crippen LogP contribution in [0.5, 0.6) is 5.75 Å². The van der Waals surface area contributed by atoms with Crippen molar-refractivity contribution in [2.45, 2.75) is 11.8 Å². The van der Waals surface area contributed by atoms with Crippen molar-refractivity contribution in [1.29, 1.82) is 0 Å². The maximum atomic E-state index is 10.9. The molecule has 0 aliphatic heterocycles. The summed E-state index contributed by atoms with van der Waals surface area (Å²) in [4.78, 5) is 24.9. The fraction of sp³-hybridized carbons (Fsp3) is 0.133. The largest absolute Gasteiger partial charge is 0.353 e. The molecule has 1 aromatic heterocycles. The summed E-state index contributed by atoms with van der Waals surface area (Å²) in [6.45, 7) is 1.31. The van der Waals surface area contributed by atoms with Gasteiger partial charge in [0.05, 0.1) is 10.4 Å². The molecule has 0 spiro atoms. The smallest absolute Gasteiger partial charge is 0.352 e. The summed E-state index contributed by atoms with van der Waals surface area (Å²) in [6, 6.07) is 11.9. The van der Waals surface area contributed by atoms with E-state index in [1.165, 1.54) is 6.92 Å². The number of rotatable bonds is 3. The van der Waals surface area contributed by atoms with E-state index < -0.39 is 5.97 Å². The van der Waals surface area contributed by atoms with Gasteiger partial charge in [-0.3, -0.25) is 9.78 Å². The third kappa shape index (κ3) is 2.10. The van der Waals surface area contributed by atoms with Gasteiger partial charge in [-0.15, -0.1) is 11.8 Å². The Morgan fingerprint density at radius 1 is 1.15 bits per heavy atom. The lowest BCUT2D eigenvalue weighted by atomic mass is 10.1. The van der Waals surface area contributed by atoms with Gasteiger partial charge in [-0.25, -0.2) is 4.79 Å². The minimum atomic E-state index is -0.478. The molecule has 0 atom stereocenters. The minimum Gasteiger partial charge on any atom is -0.353 e. The molecule has 1 N–H and O–H groups in total. The lowest BCUT2D eigenvalue weighted by molar-refractivity contribution is -0.211. The first kappa shape index (κ1) is 12.9. The molecule has 0 saturated carbocycles. The molecule has 2 aromatic carbocycles. The van der Waals surface area contributed by atoms with Gasteiger partial charge in [0.2, 0.25) is 0 Å². The van der Waals surface area contributed by atoms with Gasteiger partial charge < -0.3 is 4.98 Å². The highest BCUT2D eigenvalue weighted by Crippen LogP contribution is 2.38. The van der Waals surface area contributed by atoms with Crippen LogP contribution in [-0.2, 0) is 9.68 Å². The normalized spacial score (nSPS) is 10.9. The number of fused-ring (bicyclic) bond motifs is 3. The molecule has 1 heterocycles. The fourth-order valence-electron chi connectivity index (χ4n) is 2.25. The second-order valence-electron chi connectivity index (χ2n) is 4.35. The van der Waals surface area contributed by atoms with Crippen molar-refractivity contribution in [3.05, 3.63) is 36.4 Å². The van der Waals surface area contributed by atoms with Crippen LogP contribution in [0.4, 0.5) is 0 Å². The van der Waals surface area contributed by atoms with E-state index in [4.69, 9.17) is 4.89 Å². The number of para-hydroxylation sites is 1. The van der Waals surface area contributed by atoms with Crippen LogP contribution < -0.4 is 4.89 Å². The average Bonchev–Trinajstić information content (AvgIpc) is 2.82. The SMILES string of the molecule is CSc1c(OOC(C)=O)ccc2c1[nH]c1ccccc12. The van der Waals surface area contributed by atoms with E-state index in [2.05, 4.69) is 15.9 Å². The first-order chi connectivity index (χ1) is 9.70. The number of nitrogens with one attached hydrogen (secondary N) is 1. The van der Waals surface area contributed by atoms with Crippen LogP contribution in [-0.4, -0.2) is 17.2 Å². The molecule has 20 heavy (non-hydrogen) atoms. The Labute approximate surface area is 120 Å². The van der Waals surface area contributed by atoms with Crippen molar-refractivity contribution < 1.29 is 14.6 Å². The van der Waals surface area contributed by atoms with Crippen molar-refractivity contribution in [2.75, 3.05) is 6.26 Å². The van der Waals surface area contributed by atoms with Gasteiger partial charge in [0, 0.05) is 23.2 Å². The minimum absolute atomic E-state index is 0.478. The summed E-state index contributed by atoms with van der Waals surface area (Å²) >= 11 is 1.54. The van der Waals surface area contributed by atoms with Crippen molar-refractivity contribution >= 4 is 39.5 Å². The third-order valence-electron chi connectivity index (χ3n) is 3.05. The molecule has 102 valence electrons. The van der Waals surface area contributed by atoms with E-state index in [9.17, 15) is 4.79 Å². The molecule has 0 radical (unpaired) electrons. The van der Waals surface area contributed by atoms with Gasteiger partial charge in [0.1, 0.15) is 0 Å². The molecule has 0 fully saturated rings. The number of aromatic amines is 1. The highest BCUT2D eigenvalue weighted by atomic mass is 32.2. The van der Waals surface area contributed by atoms with Gasteiger partial charge in [-0.1, -0.05) is 18.2 Å². The number of thioether (sulfide) groups is 1. The van der Waals surface area contributed by atoms with Crippen LogP contribution in [0.3, 0.4) is 0 Å². The van der Waals surface area contributed by atoms with Crippen molar-refractivity contribution in [3.8, 4) is 5.75 Å². The molecule has 5 heteroatoms. The lowest BCUT2D eigenvalue weighted by Gasteiger charge is -2.07. The summed E-state index contributed by atoms with van der Waals surface area (Å²) in [5, 5.41) is 2.29. The lowest BCUT2D eigenvalue weighted by Crippen LogP contribution is -2.03. The molecule has 0 saturated heterocycles. The van der Waals surface area contributed by atoms with Crippen LogP contribution >= 0.6 is 11.8 Å².